The second-order valence-corrected chi connectivity index (χ2v) is 2.42. The third-order valence-electron chi connectivity index (χ3n) is 0.834. The highest BCUT2D eigenvalue weighted by Gasteiger charge is 1.93. The minimum absolute atomic E-state index is 0.306. The summed E-state index contributed by atoms with van der Waals surface area (Å²) in [6, 6.07) is 0. The van der Waals surface area contributed by atoms with Crippen LogP contribution in [0.5, 0.6) is 0 Å². The van der Waals surface area contributed by atoms with E-state index in [9.17, 15) is 0 Å². The Kier molecular flexibility index (Phi) is 4.66. The Morgan fingerprint density at radius 3 is 2.70 bits per heavy atom. The highest BCUT2D eigenvalue weighted by molar-refractivity contribution is 5.76. The third kappa shape index (κ3) is 5.37. The molecule has 0 radical (unpaired) electrons. The molecular formula is C6H15N3O. The lowest BCUT2D eigenvalue weighted by Crippen LogP contribution is -2.32. The molecule has 0 atom stereocenters. The van der Waals surface area contributed by atoms with Gasteiger partial charge in [0.1, 0.15) is 0 Å². The van der Waals surface area contributed by atoms with Crippen LogP contribution in [0.4, 0.5) is 0 Å². The molecule has 0 aromatic carbocycles. The van der Waals surface area contributed by atoms with Gasteiger partial charge in [0.2, 0.25) is 5.96 Å². The van der Waals surface area contributed by atoms with Crippen molar-refractivity contribution in [1.82, 2.24) is 5.48 Å². The van der Waals surface area contributed by atoms with Crippen LogP contribution in [-0.4, -0.2) is 19.6 Å². The average molecular weight is 145 g/mol. The van der Waals surface area contributed by atoms with Gasteiger partial charge in [-0.2, -0.15) is 0 Å². The molecule has 0 bridgehead atoms. The van der Waals surface area contributed by atoms with Gasteiger partial charge in [0.15, 0.2) is 0 Å². The normalized spacial score (nSPS) is 12.2. The Bertz CT molecular complexity index is 112. The minimum atomic E-state index is 0.306. The van der Waals surface area contributed by atoms with E-state index >= 15 is 0 Å². The highest BCUT2D eigenvalue weighted by atomic mass is 16.6. The molecule has 10 heavy (non-hydrogen) atoms. The van der Waals surface area contributed by atoms with Crippen LogP contribution in [0.1, 0.15) is 13.8 Å². The Balaban J connectivity index is 3.20. The number of nitrogens with zero attached hydrogens (tertiary/aromatic N) is 1. The van der Waals surface area contributed by atoms with Crippen molar-refractivity contribution in [3.8, 4) is 0 Å². The number of hydrogen-bond acceptors (Lipinski definition) is 2. The van der Waals surface area contributed by atoms with Crippen molar-refractivity contribution in [1.29, 1.82) is 0 Å². The van der Waals surface area contributed by atoms with Crippen LogP contribution in [0.2, 0.25) is 0 Å². The number of hydrogen-bond donors (Lipinski definition) is 2. The van der Waals surface area contributed by atoms with Gasteiger partial charge in [-0.1, -0.05) is 13.8 Å². The van der Waals surface area contributed by atoms with Crippen molar-refractivity contribution < 1.29 is 4.84 Å². The van der Waals surface area contributed by atoms with Gasteiger partial charge in [-0.05, 0) is 5.92 Å². The second kappa shape index (κ2) is 5.05. The maximum atomic E-state index is 5.27. The highest BCUT2D eigenvalue weighted by Crippen LogP contribution is 1.88. The quantitative estimate of drug-likeness (QED) is 0.336. The second-order valence-electron chi connectivity index (χ2n) is 2.42. The minimum Gasteiger partial charge on any atom is -0.368 e. The Labute approximate surface area is 61.4 Å². The van der Waals surface area contributed by atoms with Gasteiger partial charge in [-0.25, -0.2) is 5.48 Å². The molecule has 0 aromatic heterocycles. The Hall–Kier alpha value is -0.770. The Morgan fingerprint density at radius 1 is 1.70 bits per heavy atom. The van der Waals surface area contributed by atoms with Crippen LogP contribution < -0.4 is 11.2 Å². The van der Waals surface area contributed by atoms with Crippen LogP contribution in [0, 0.1) is 5.92 Å². The van der Waals surface area contributed by atoms with Crippen LogP contribution in [0.15, 0.2) is 4.99 Å². The molecule has 0 aliphatic heterocycles. The molecule has 4 nitrogen and oxygen atoms in total. The van der Waals surface area contributed by atoms with Gasteiger partial charge >= 0.3 is 0 Å². The fraction of sp³-hybridized carbons (Fsp3) is 0.833. The summed E-state index contributed by atoms with van der Waals surface area (Å²) in [5, 5.41) is 0. The number of guanidine groups is 1. The summed E-state index contributed by atoms with van der Waals surface area (Å²) < 4.78 is 0. The molecule has 0 fully saturated rings. The van der Waals surface area contributed by atoms with Crippen molar-refractivity contribution in [2.75, 3.05) is 13.7 Å². The van der Waals surface area contributed by atoms with Crippen LogP contribution in [0.3, 0.4) is 0 Å². The summed E-state index contributed by atoms with van der Waals surface area (Å²) in [4.78, 5) is 8.59. The third-order valence-corrected chi connectivity index (χ3v) is 0.834. The number of rotatable bonds is 3. The molecule has 0 unspecified atom stereocenters. The van der Waals surface area contributed by atoms with Crippen LogP contribution in [0.25, 0.3) is 0 Å². The van der Waals surface area contributed by atoms with Crippen molar-refractivity contribution in [2.45, 2.75) is 13.8 Å². The fourth-order valence-corrected chi connectivity index (χ4v) is 0.328. The predicted octanol–water partition coefficient (Wildman–Crippen LogP) is 0.108. The molecule has 0 saturated carbocycles. The maximum absolute atomic E-state index is 5.27. The van der Waals surface area contributed by atoms with Crippen LogP contribution in [-0.2, 0) is 4.84 Å². The molecule has 60 valence electrons. The first-order chi connectivity index (χ1) is 4.66. The summed E-state index contributed by atoms with van der Waals surface area (Å²) in [7, 11) is 1.60. The van der Waals surface area contributed by atoms with Gasteiger partial charge in [-0.3, -0.25) is 9.83 Å². The SMILES string of the molecule is CN=C(N)NOCC(C)C. The van der Waals surface area contributed by atoms with E-state index in [4.69, 9.17) is 10.6 Å². The molecular weight excluding hydrogens is 130 g/mol. The number of hydroxylamine groups is 1. The zero-order valence-corrected chi connectivity index (χ0v) is 6.72. The van der Waals surface area contributed by atoms with Gasteiger partial charge in [0, 0.05) is 7.05 Å². The first-order valence-electron chi connectivity index (χ1n) is 3.27. The summed E-state index contributed by atoms with van der Waals surface area (Å²) in [6.07, 6.45) is 0. The molecule has 0 spiro atoms. The van der Waals surface area contributed by atoms with E-state index in [0.29, 0.717) is 18.5 Å². The van der Waals surface area contributed by atoms with Crippen molar-refractivity contribution in [2.24, 2.45) is 16.6 Å². The summed E-state index contributed by atoms with van der Waals surface area (Å²) >= 11 is 0. The first-order valence-corrected chi connectivity index (χ1v) is 3.27. The van der Waals surface area contributed by atoms with E-state index in [-0.39, 0.29) is 0 Å². The lowest BCUT2D eigenvalue weighted by molar-refractivity contribution is 0.0632. The lowest BCUT2D eigenvalue weighted by atomic mass is 10.2. The largest absolute Gasteiger partial charge is 0.368 e. The van der Waals surface area contributed by atoms with E-state index in [1.54, 1.807) is 7.05 Å². The van der Waals surface area contributed by atoms with E-state index in [2.05, 4.69) is 24.3 Å². The zero-order valence-electron chi connectivity index (χ0n) is 6.72. The van der Waals surface area contributed by atoms with E-state index in [0.717, 1.165) is 0 Å². The van der Waals surface area contributed by atoms with Gasteiger partial charge in [0.05, 0.1) is 6.61 Å². The van der Waals surface area contributed by atoms with Crippen molar-refractivity contribution in [3.63, 3.8) is 0 Å². The molecule has 0 saturated heterocycles. The maximum Gasteiger partial charge on any atom is 0.212 e. The van der Waals surface area contributed by atoms with E-state index in [1.165, 1.54) is 0 Å². The predicted molar refractivity (Wildman–Crippen MR) is 41.5 cm³/mol. The first kappa shape index (κ1) is 9.23. The standard InChI is InChI=1S/C6H15N3O/c1-5(2)4-10-9-6(7)8-3/h5H,4H2,1-3H3,(H3,7,8,9). The monoisotopic (exact) mass is 145 g/mol. The Morgan fingerprint density at radius 2 is 2.30 bits per heavy atom. The van der Waals surface area contributed by atoms with E-state index in [1.807, 2.05) is 0 Å². The van der Waals surface area contributed by atoms with Crippen molar-refractivity contribution in [3.05, 3.63) is 0 Å². The number of aliphatic imine (C=N–C) groups is 1. The smallest absolute Gasteiger partial charge is 0.212 e. The lowest BCUT2D eigenvalue weighted by Gasteiger charge is -2.06. The molecule has 0 aliphatic rings. The molecule has 0 aliphatic carbocycles. The van der Waals surface area contributed by atoms with E-state index < -0.39 is 0 Å². The summed E-state index contributed by atoms with van der Waals surface area (Å²) in [5.41, 5.74) is 7.76. The molecule has 3 N–H and O–H groups in total. The van der Waals surface area contributed by atoms with Gasteiger partial charge in [-0.15, -0.1) is 0 Å². The average Bonchev–Trinajstić information content (AvgIpc) is 1.87. The summed E-state index contributed by atoms with van der Waals surface area (Å²) in [5.74, 6) is 0.804. The van der Waals surface area contributed by atoms with Gasteiger partial charge in [0.25, 0.3) is 0 Å². The molecule has 0 rings (SSSR count). The van der Waals surface area contributed by atoms with Gasteiger partial charge < -0.3 is 5.73 Å². The topological polar surface area (TPSA) is 59.6 Å². The van der Waals surface area contributed by atoms with Crippen molar-refractivity contribution >= 4 is 5.96 Å². The van der Waals surface area contributed by atoms with Crippen LogP contribution >= 0.6 is 0 Å². The molecule has 4 heteroatoms. The molecule has 0 heterocycles. The molecule has 0 aromatic rings. The number of nitrogens with two attached hydrogens (primary N) is 1. The summed E-state index contributed by atoms with van der Waals surface area (Å²) in [6.45, 7) is 4.75. The molecule has 0 amide bonds. The fourth-order valence-electron chi connectivity index (χ4n) is 0.328. The zero-order chi connectivity index (χ0) is 7.98. The number of nitrogens with one attached hydrogen (secondary N) is 1.